The molecule has 34 heavy (non-hydrogen) atoms. The van der Waals surface area contributed by atoms with Crippen LogP contribution in [-0.4, -0.2) is 47.1 Å². The summed E-state index contributed by atoms with van der Waals surface area (Å²) in [5, 5.41) is 10.6. The van der Waals surface area contributed by atoms with Gasteiger partial charge >= 0.3 is 11.9 Å². The van der Waals surface area contributed by atoms with Gasteiger partial charge in [0.05, 0.1) is 29.6 Å². The first kappa shape index (κ1) is 27.4. The smallest absolute Gasteiger partial charge is 0.312 e. The summed E-state index contributed by atoms with van der Waals surface area (Å²) < 4.78 is 16.9. The predicted molar refractivity (Wildman–Crippen MR) is 131 cm³/mol. The van der Waals surface area contributed by atoms with Gasteiger partial charge in [-0.2, -0.15) is 0 Å². The summed E-state index contributed by atoms with van der Waals surface area (Å²) >= 11 is 0. The van der Waals surface area contributed by atoms with Gasteiger partial charge in [0.2, 0.25) is 0 Å². The molecular weight excluding hydrogens is 432 g/mol. The highest BCUT2D eigenvalue weighted by Crippen LogP contribution is 2.59. The topological polar surface area (TPSA) is 82.1 Å². The molecule has 5 rings (SSSR count). The quantitative estimate of drug-likeness (QED) is 0.500. The van der Waals surface area contributed by atoms with Gasteiger partial charge in [0, 0.05) is 19.3 Å². The Hall–Kier alpha value is -1.14. The molecule has 0 spiro atoms. The molecule has 6 heteroatoms. The maximum atomic E-state index is 12.4. The molecule has 196 valence electrons. The zero-order chi connectivity index (χ0) is 25.4. The van der Waals surface area contributed by atoms with Crippen molar-refractivity contribution in [2.75, 3.05) is 13.2 Å². The van der Waals surface area contributed by atoms with E-state index in [4.69, 9.17) is 14.2 Å². The fourth-order valence-electron chi connectivity index (χ4n) is 6.14. The van der Waals surface area contributed by atoms with E-state index in [2.05, 4.69) is 0 Å². The number of esters is 2. The number of rotatable bonds is 6. The number of hydrogen-bond acceptors (Lipinski definition) is 6. The highest BCUT2D eigenvalue weighted by Gasteiger charge is 2.59. The molecule has 1 saturated heterocycles. The normalized spacial score (nSPS) is 34.1. The largest absolute Gasteiger partial charge is 0.459 e. The van der Waals surface area contributed by atoms with Crippen LogP contribution in [0.15, 0.2) is 0 Å². The summed E-state index contributed by atoms with van der Waals surface area (Å²) in [6.07, 6.45) is 8.86. The third-order valence-electron chi connectivity index (χ3n) is 9.05. The Bertz CT molecular complexity index is 734. The number of carbonyl (C=O) groups excluding carboxylic acids is 2. The van der Waals surface area contributed by atoms with Gasteiger partial charge in [0.1, 0.15) is 11.2 Å². The highest BCUT2D eigenvalue weighted by molar-refractivity contribution is 5.76. The zero-order valence-electron chi connectivity index (χ0n) is 22.6. The molecule has 4 aliphatic carbocycles. The maximum Gasteiger partial charge on any atom is 0.312 e. The van der Waals surface area contributed by atoms with Gasteiger partial charge in [0.25, 0.3) is 0 Å². The lowest BCUT2D eigenvalue weighted by atomic mass is 9.52. The lowest BCUT2D eigenvalue weighted by Gasteiger charge is -2.59. The highest BCUT2D eigenvalue weighted by atomic mass is 16.6. The summed E-state index contributed by atoms with van der Waals surface area (Å²) in [7, 11) is 0. The Balaban J connectivity index is 0.000000197. The van der Waals surface area contributed by atoms with Crippen molar-refractivity contribution in [3.63, 3.8) is 0 Å². The fraction of sp³-hybridized carbons (Fsp3) is 0.929. The number of ether oxygens (including phenoxy) is 3. The predicted octanol–water partition coefficient (Wildman–Crippen LogP) is 5.58. The third kappa shape index (κ3) is 6.16. The second-order valence-electron chi connectivity index (χ2n) is 13.2. The molecular formula is C28H48O6. The van der Waals surface area contributed by atoms with Crippen LogP contribution in [-0.2, 0) is 23.8 Å². The van der Waals surface area contributed by atoms with Crippen LogP contribution < -0.4 is 0 Å². The van der Waals surface area contributed by atoms with E-state index in [9.17, 15) is 14.7 Å². The van der Waals surface area contributed by atoms with Crippen LogP contribution in [0.2, 0.25) is 0 Å². The van der Waals surface area contributed by atoms with Crippen LogP contribution in [0, 0.1) is 22.7 Å². The van der Waals surface area contributed by atoms with E-state index in [-0.39, 0.29) is 28.6 Å². The van der Waals surface area contributed by atoms with Gasteiger partial charge in [0.15, 0.2) is 0 Å². The summed E-state index contributed by atoms with van der Waals surface area (Å²) in [4.78, 5) is 24.3. The standard InChI is InChI=1S/C16H26O3.C12H22O3/c1-4-14(2,3)13(17)19-16-8-11-5-12(9-16)7-15(18,6-11)10-16;1-5-11(2,3)10(13)15-12(4)6-8-14-9-7-12/h11-12,18H,4-10H2,1-3H3;5-9H2,1-4H3. The molecule has 0 aromatic rings. The molecule has 1 N–H and O–H groups in total. The van der Waals surface area contributed by atoms with Crippen molar-refractivity contribution in [2.45, 2.75) is 129 Å². The van der Waals surface area contributed by atoms with Crippen molar-refractivity contribution in [1.29, 1.82) is 0 Å². The summed E-state index contributed by atoms with van der Waals surface area (Å²) in [5.41, 5.74) is -2.02. The van der Waals surface area contributed by atoms with Crippen molar-refractivity contribution < 1.29 is 28.9 Å². The second-order valence-corrected chi connectivity index (χ2v) is 13.2. The van der Waals surface area contributed by atoms with Gasteiger partial charge < -0.3 is 19.3 Å². The Labute approximate surface area is 206 Å². The Morgan fingerprint density at radius 3 is 1.79 bits per heavy atom. The van der Waals surface area contributed by atoms with Gasteiger partial charge in [-0.05, 0) is 91.4 Å². The Morgan fingerprint density at radius 1 is 0.882 bits per heavy atom. The average molecular weight is 481 g/mol. The van der Waals surface area contributed by atoms with Crippen LogP contribution >= 0.6 is 0 Å². The van der Waals surface area contributed by atoms with Crippen LogP contribution in [0.5, 0.6) is 0 Å². The van der Waals surface area contributed by atoms with Gasteiger partial charge in [-0.1, -0.05) is 13.8 Å². The summed E-state index contributed by atoms with van der Waals surface area (Å²) in [6, 6.07) is 0. The molecule has 2 atom stereocenters. The van der Waals surface area contributed by atoms with Crippen LogP contribution in [0.4, 0.5) is 0 Å². The molecule has 2 unspecified atom stereocenters. The second kappa shape index (κ2) is 9.72. The molecule has 0 aromatic heterocycles. The molecule has 4 saturated carbocycles. The number of hydrogen-bond donors (Lipinski definition) is 1. The molecule has 0 aromatic carbocycles. The fourth-order valence-corrected chi connectivity index (χ4v) is 6.14. The molecule has 0 amide bonds. The van der Waals surface area contributed by atoms with Crippen molar-refractivity contribution in [2.24, 2.45) is 22.7 Å². The summed E-state index contributed by atoms with van der Waals surface area (Å²) in [6.45, 7) is 15.2. The Kier molecular flexibility index (Phi) is 7.85. The van der Waals surface area contributed by atoms with Crippen LogP contribution in [0.25, 0.3) is 0 Å². The SMILES string of the molecule is CCC(C)(C)C(=O)OC1(C)CCOCC1.CCC(C)(C)C(=O)OC12CC3CC(CC(O)(C3)C1)C2. The van der Waals surface area contributed by atoms with Crippen LogP contribution in [0.1, 0.15) is 113 Å². The first-order valence-corrected chi connectivity index (χ1v) is 13.4. The van der Waals surface area contributed by atoms with Gasteiger partial charge in [-0.25, -0.2) is 0 Å². The van der Waals surface area contributed by atoms with Crippen molar-refractivity contribution >= 4 is 11.9 Å². The van der Waals surface area contributed by atoms with Crippen molar-refractivity contribution in [3.05, 3.63) is 0 Å². The minimum Gasteiger partial charge on any atom is -0.459 e. The van der Waals surface area contributed by atoms with E-state index < -0.39 is 11.0 Å². The van der Waals surface area contributed by atoms with Gasteiger partial charge in [-0.3, -0.25) is 9.59 Å². The first-order valence-electron chi connectivity index (χ1n) is 13.4. The number of carbonyl (C=O) groups is 2. The lowest BCUT2D eigenvalue weighted by molar-refractivity contribution is -0.225. The van der Waals surface area contributed by atoms with E-state index in [1.54, 1.807) is 0 Å². The Morgan fingerprint density at radius 2 is 1.35 bits per heavy atom. The third-order valence-corrected chi connectivity index (χ3v) is 9.05. The molecule has 4 bridgehead atoms. The lowest BCUT2D eigenvalue weighted by Crippen LogP contribution is -2.61. The maximum absolute atomic E-state index is 12.4. The minimum absolute atomic E-state index is 0.0828. The molecule has 1 aliphatic heterocycles. The monoisotopic (exact) mass is 480 g/mol. The molecule has 5 fully saturated rings. The summed E-state index contributed by atoms with van der Waals surface area (Å²) in [5.74, 6) is 0.947. The van der Waals surface area contributed by atoms with E-state index in [1.807, 2.05) is 48.5 Å². The molecule has 1 heterocycles. The molecule has 6 nitrogen and oxygen atoms in total. The van der Waals surface area contributed by atoms with E-state index >= 15 is 0 Å². The van der Waals surface area contributed by atoms with Gasteiger partial charge in [-0.15, -0.1) is 0 Å². The first-order chi connectivity index (χ1) is 15.7. The minimum atomic E-state index is -0.555. The zero-order valence-corrected chi connectivity index (χ0v) is 22.6. The van der Waals surface area contributed by atoms with Crippen molar-refractivity contribution in [1.82, 2.24) is 0 Å². The van der Waals surface area contributed by atoms with E-state index in [0.717, 1.165) is 51.4 Å². The number of aliphatic hydroxyl groups is 1. The van der Waals surface area contributed by atoms with Crippen molar-refractivity contribution in [3.8, 4) is 0 Å². The average Bonchev–Trinajstić information content (AvgIpc) is 2.72. The molecule has 0 radical (unpaired) electrons. The van der Waals surface area contributed by atoms with E-state index in [0.29, 0.717) is 31.5 Å². The van der Waals surface area contributed by atoms with Crippen LogP contribution in [0.3, 0.4) is 0 Å². The molecule has 5 aliphatic rings. The van der Waals surface area contributed by atoms with E-state index in [1.165, 1.54) is 6.42 Å².